The third kappa shape index (κ3) is 5.17. The van der Waals surface area contributed by atoms with Crippen LogP contribution in [0.2, 0.25) is 0 Å². The molecule has 0 aliphatic heterocycles. The molecule has 0 bridgehead atoms. The van der Waals surface area contributed by atoms with E-state index in [1.54, 1.807) is 6.07 Å². The van der Waals surface area contributed by atoms with Crippen LogP contribution in [-0.2, 0) is 14.8 Å². The number of sulfonamides is 1. The minimum atomic E-state index is -3.65. The van der Waals surface area contributed by atoms with Crippen LogP contribution in [0.4, 0.5) is 25.8 Å². The number of halogens is 2. The average Bonchev–Trinajstić information content (AvgIpc) is 2.63. The molecule has 0 fully saturated rings. The summed E-state index contributed by atoms with van der Waals surface area (Å²) in [5.41, 5.74) is 0.715. The number of rotatable bonds is 8. The summed E-state index contributed by atoms with van der Waals surface area (Å²) in [4.78, 5) is 12.2. The van der Waals surface area contributed by atoms with Crippen molar-refractivity contribution >= 4 is 33.0 Å². The van der Waals surface area contributed by atoms with Crippen LogP contribution in [0.1, 0.15) is 6.92 Å². The topological polar surface area (TPSA) is 90.5 Å². The average molecular weight is 412 g/mol. The molecule has 0 aliphatic rings. The Morgan fingerprint density at radius 2 is 1.71 bits per heavy atom. The second-order valence-corrected chi connectivity index (χ2v) is 8.20. The van der Waals surface area contributed by atoms with Crippen molar-refractivity contribution < 1.29 is 22.0 Å². The largest absolute Gasteiger partial charge is 0.384 e. The summed E-state index contributed by atoms with van der Waals surface area (Å²) in [6.45, 7) is 2.17. The molecule has 0 saturated carbocycles. The van der Waals surface area contributed by atoms with Gasteiger partial charge in [-0.3, -0.25) is 4.79 Å². The van der Waals surface area contributed by atoms with Crippen molar-refractivity contribution in [1.82, 2.24) is 4.31 Å². The zero-order chi connectivity index (χ0) is 20.9. The Balaban J connectivity index is 2.19. The summed E-state index contributed by atoms with van der Waals surface area (Å²) in [7, 11) is -0.818. The van der Waals surface area contributed by atoms with Crippen molar-refractivity contribution in [3.63, 3.8) is 0 Å². The first-order chi connectivity index (χ1) is 13.1. The number of nitrogens with one attached hydrogen (secondary N) is 3. The number of hydrogen-bond acceptors (Lipinski definition) is 5. The first-order valence-corrected chi connectivity index (χ1v) is 9.88. The summed E-state index contributed by atoms with van der Waals surface area (Å²) in [5.74, 6) is -2.06. The van der Waals surface area contributed by atoms with Gasteiger partial charge >= 0.3 is 0 Å². The highest BCUT2D eigenvalue weighted by atomic mass is 32.2. The van der Waals surface area contributed by atoms with E-state index in [4.69, 9.17) is 0 Å². The molecule has 10 heteroatoms. The molecule has 0 aromatic heterocycles. The van der Waals surface area contributed by atoms with Gasteiger partial charge in [-0.05, 0) is 37.3 Å². The molecular weight excluding hydrogens is 390 g/mol. The van der Waals surface area contributed by atoms with E-state index in [-0.39, 0.29) is 17.1 Å². The van der Waals surface area contributed by atoms with Gasteiger partial charge in [-0.25, -0.2) is 21.5 Å². The van der Waals surface area contributed by atoms with E-state index < -0.39 is 27.6 Å². The van der Waals surface area contributed by atoms with Crippen LogP contribution in [-0.4, -0.2) is 45.8 Å². The molecule has 0 heterocycles. The lowest BCUT2D eigenvalue weighted by Crippen LogP contribution is -2.24. The molecule has 0 spiro atoms. The van der Waals surface area contributed by atoms with Crippen molar-refractivity contribution in [2.75, 3.05) is 43.1 Å². The van der Waals surface area contributed by atoms with Crippen LogP contribution in [0.5, 0.6) is 0 Å². The van der Waals surface area contributed by atoms with E-state index in [2.05, 4.69) is 16.0 Å². The quantitative estimate of drug-likeness (QED) is 0.620. The third-order valence-corrected chi connectivity index (χ3v) is 5.59. The summed E-state index contributed by atoms with van der Waals surface area (Å²) in [5, 5.41) is 8.16. The number of anilines is 3. The Kier molecular flexibility index (Phi) is 6.92. The number of carbonyl (C=O) groups is 1. The van der Waals surface area contributed by atoms with Gasteiger partial charge in [0, 0.05) is 26.7 Å². The van der Waals surface area contributed by atoms with E-state index in [9.17, 15) is 22.0 Å². The Morgan fingerprint density at radius 1 is 1.00 bits per heavy atom. The Labute approximate surface area is 162 Å². The molecule has 0 unspecified atom stereocenters. The van der Waals surface area contributed by atoms with Gasteiger partial charge in [-0.1, -0.05) is 0 Å². The minimum absolute atomic E-state index is 0.0539. The molecule has 7 nitrogen and oxygen atoms in total. The maximum absolute atomic E-state index is 13.6. The summed E-state index contributed by atoms with van der Waals surface area (Å²) < 4.78 is 52.6. The number of nitrogens with zero attached hydrogens (tertiary/aromatic N) is 1. The highest BCUT2D eigenvalue weighted by Crippen LogP contribution is 2.26. The predicted molar refractivity (Wildman–Crippen MR) is 105 cm³/mol. The molecule has 152 valence electrons. The van der Waals surface area contributed by atoms with E-state index in [0.29, 0.717) is 17.9 Å². The summed E-state index contributed by atoms with van der Waals surface area (Å²) in [6, 6.07) is 7.19. The number of hydrogen-bond donors (Lipinski definition) is 3. The highest BCUT2D eigenvalue weighted by Gasteiger charge is 2.19. The molecule has 28 heavy (non-hydrogen) atoms. The highest BCUT2D eigenvalue weighted by molar-refractivity contribution is 7.89. The van der Waals surface area contributed by atoms with Gasteiger partial charge in [0.25, 0.3) is 0 Å². The van der Waals surface area contributed by atoms with E-state index >= 15 is 0 Å². The summed E-state index contributed by atoms with van der Waals surface area (Å²) >= 11 is 0. The van der Waals surface area contributed by atoms with Gasteiger partial charge in [-0.15, -0.1) is 0 Å². The van der Waals surface area contributed by atoms with Gasteiger partial charge in [0.15, 0.2) is 0 Å². The minimum Gasteiger partial charge on any atom is -0.384 e. The fourth-order valence-electron chi connectivity index (χ4n) is 2.35. The molecular formula is C18H22F2N4O3S. The zero-order valence-electron chi connectivity index (χ0n) is 15.7. The Hall–Kier alpha value is -2.72. The predicted octanol–water partition coefficient (Wildman–Crippen LogP) is 2.70. The Bertz CT molecular complexity index is 965. The number of carbonyl (C=O) groups excluding carboxylic acids is 1. The van der Waals surface area contributed by atoms with Gasteiger partial charge in [-0.2, -0.15) is 0 Å². The van der Waals surface area contributed by atoms with E-state index in [1.165, 1.54) is 26.2 Å². The van der Waals surface area contributed by atoms with Gasteiger partial charge < -0.3 is 16.0 Å². The van der Waals surface area contributed by atoms with Crippen molar-refractivity contribution in [3.8, 4) is 0 Å². The normalized spacial score (nSPS) is 11.4. The first-order valence-electron chi connectivity index (χ1n) is 8.44. The molecule has 0 radical (unpaired) electrons. The van der Waals surface area contributed by atoms with Crippen molar-refractivity contribution in [2.24, 2.45) is 0 Å². The van der Waals surface area contributed by atoms with Gasteiger partial charge in [0.2, 0.25) is 15.9 Å². The molecule has 2 rings (SSSR count). The number of benzene rings is 2. The maximum atomic E-state index is 13.6. The number of amides is 1. The monoisotopic (exact) mass is 412 g/mol. The first kappa shape index (κ1) is 21.6. The van der Waals surface area contributed by atoms with Crippen molar-refractivity contribution in [1.29, 1.82) is 0 Å². The lowest BCUT2D eigenvalue weighted by atomic mass is 10.2. The molecule has 0 aliphatic carbocycles. The lowest BCUT2D eigenvalue weighted by Gasteiger charge is -2.17. The van der Waals surface area contributed by atoms with Gasteiger partial charge in [0.1, 0.15) is 11.6 Å². The third-order valence-electron chi connectivity index (χ3n) is 3.78. The zero-order valence-corrected chi connectivity index (χ0v) is 16.5. The van der Waals surface area contributed by atoms with Crippen molar-refractivity contribution in [3.05, 3.63) is 48.0 Å². The van der Waals surface area contributed by atoms with Crippen LogP contribution in [0.3, 0.4) is 0 Å². The Morgan fingerprint density at radius 3 is 2.36 bits per heavy atom. The van der Waals surface area contributed by atoms with E-state index in [0.717, 1.165) is 22.5 Å². The molecule has 2 aromatic rings. The standard InChI is InChI=1S/C18H22F2N4O3S/c1-4-21-15-8-6-13(28(26,27)24(2)3)10-17(15)22-11-18(25)23-16-9-12(19)5-7-14(16)20/h5-10,21-22H,4,11H2,1-3H3,(H,23,25). The van der Waals surface area contributed by atoms with Crippen LogP contribution < -0.4 is 16.0 Å². The van der Waals surface area contributed by atoms with Crippen molar-refractivity contribution in [2.45, 2.75) is 11.8 Å². The second-order valence-electron chi connectivity index (χ2n) is 6.05. The smallest absolute Gasteiger partial charge is 0.243 e. The SMILES string of the molecule is CCNc1ccc(S(=O)(=O)N(C)C)cc1NCC(=O)Nc1cc(F)ccc1F. The fraction of sp³-hybridized carbons (Fsp3) is 0.278. The lowest BCUT2D eigenvalue weighted by molar-refractivity contribution is -0.114. The van der Waals surface area contributed by atoms with Crippen LogP contribution in [0, 0.1) is 11.6 Å². The fourth-order valence-corrected chi connectivity index (χ4v) is 3.28. The molecule has 3 N–H and O–H groups in total. The summed E-state index contributed by atoms with van der Waals surface area (Å²) in [6.07, 6.45) is 0. The van der Waals surface area contributed by atoms with Crippen LogP contribution >= 0.6 is 0 Å². The van der Waals surface area contributed by atoms with Gasteiger partial charge in [0.05, 0.1) is 28.5 Å². The molecule has 0 atom stereocenters. The van der Waals surface area contributed by atoms with E-state index in [1.807, 2.05) is 6.92 Å². The maximum Gasteiger partial charge on any atom is 0.243 e. The molecule has 2 aromatic carbocycles. The second kappa shape index (κ2) is 8.98. The van der Waals surface area contributed by atoms with Crippen LogP contribution in [0.25, 0.3) is 0 Å². The molecule has 0 saturated heterocycles. The molecule has 1 amide bonds. The van der Waals surface area contributed by atoms with Crippen LogP contribution in [0.15, 0.2) is 41.3 Å².